The summed E-state index contributed by atoms with van der Waals surface area (Å²) in [4.78, 5) is 27.2. The van der Waals surface area contributed by atoms with Crippen LogP contribution in [0.1, 0.15) is 31.8 Å². The largest absolute Gasteiger partial charge is 0.465 e. The fraction of sp³-hybridized carbons (Fsp3) is 0.259. The number of benzene rings is 3. The van der Waals surface area contributed by atoms with E-state index in [1.807, 2.05) is 12.1 Å². The van der Waals surface area contributed by atoms with Crippen LogP contribution < -0.4 is 5.32 Å². The molecule has 1 saturated heterocycles. The SMILES string of the molecule is COC(=O)c1cccc(NC(=O)c2ccc(CN3CCN(S(=O)(=O)c4ccccc4)CC3)cc2)c1C. The van der Waals surface area contributed by atoms with Gasteiger partial charge in [0.2, 0.25) is 10.0 Å². The standard InChI is InChI=1S/C27H29N3O5S/c1-20-24(27(32)35-2)9-6-10-25(20)28-26(31)22-13-11-21(12-14-22)19-29-15-17-30(18-16-29)36(33,34)23-7-4-3-5-8-23/h3-14H,15-19H2,1-2H3,(H,28,31). The van der Waals surface area contributed by atoms with E-state index in [-0.39, 0.29) is 5.91 Å². The molecule has 0 aliphatic carbocycles. The van der Waals surface area contributed by atoms with Crippen molar-refractivity contribution in [3.05, 3.63) is 95.1 Å². The summed E-state index contributed by atoms with van der Waals surface area (Å²) < 4.78 is 32.0. The number of nitrogens with one attached hydrogen (secondary N) is 1. The van der Waals surface area contributed by atoms with Gasteiger partial charge in [-0.25, -0.2) is 13.2 Å². The Kier molecular flexibility index (Phi) is 7.83. The van der Waals surface area contributed by atoms with Crippen LogP contribution >= 0.6 is 0 Å². The first-order chi connectivity index (χ1) is 17.3. The topological polar surface area (TPSA) is 96.0 Å². The molecule has 1 aliphatic heterocycles. The number of methoxy groups -OCH3 is 1. The summed E-state index contributed by atoms with van der Waals surface area (Å²) >= 11 is 0. The Morgan fingerprint density at radius 2 is 1.56 bits per heavy atom. The van der Waals surface area contributed by atoms with Crippen molar-refractivity contribution in [3.8, 4) is 0 Å². The van der Waals surface area contributed by atoms with Crippen LogP contribution in [0.4, 0.5) is 5.69 Å². The van der Waals surface area contributed by atoms with Gasteiger partial charge in [0.05, 0.1) is 17.6 Å². The number of carbonyl (C=O) groups excluding carboxylic acids is 2. The van der Waals surface area contributed by atoms with E-state index in [2.05, 4.69) is 10.2 Å². The molecule has 8 nitrogen and oxygen atoms in total. The Bertz CT molecular complexity index is 1330. The van der Waals surface area contributed by atoms with E-state index in [1.54, 1.807) is 67.6 Å². The predicted octanol–water partition coefficient (Wildman–Crippen LogP) is 3.54. The summed E-state index contributed by atoms with van der Waals surface area (Å²) in [5, 5.41) is 2.86. The number of amides is 1. The van der Waals surface area contributed by atoms with Crippen molar-refractivity contribution in [1.29, 1.82) is 0 Å². The Balaban J connectivity index is 1.34. The van der Waals surface area contributed by atoms with Crippen molar-refractivity contribution < 1.29 is 22.7 Å². The molecule has 1 amide bonds. The molecule has 188 valence electrons. The second-order valence-electron chi connectivity index (χ2n) is 8.61. The lowest BCUT2D eigenvalue weighted by atomic mass is 10.1. The molecule has 0 aromatic heterocycles. The number of sulfonamides is 1. The normalized spacial score (nSPS) is 14.8. The molecule has 1 N–H and O–H groups in total. The number of esters is 1. The highest BCUT2D eigenvalue weighted by molar-refractivity contribution is 7.89. The van der Waals surface area contributed by atoms with Gasteiger partial charge in [-0.15, -0.1) is 0 Å². The maximum atomic E-state index is 12.8. The summed E-state index contributed by atoms with van der Waals surface area (Å²) in [6, 6.07) is 20.9. The molecule has 1 fully saturated rings. The van der Waals surface area contributed by atoms with Crippen molar-refractivity contribution in [2.75, 3.05) is 38.6 Å². The highest BCUT2D eigenvalue weighted by Crippen LogP contribution is 2.21. The van der Waals surface area contributed by atoms with Gasteiger partial charge in [-0.1, -0.05) is 36.4 Å². The van der Waals surface area contributed by atoms with Gasteiger partial charge in [-0.2, -0.15) is 4.31 Å². The van der Waals surface area contributed by atoms with Crippen LogP contribution in [0.5, 0.6) is 0 Å². The Morgan fingerprint density at radius 3 is 2.19 bits per heavy atom. The summed E-state index contributed by atoms with van der Waals surface area (Å²) in [5.41, 5.74) is 3.13. The third-order valence-electron chi connectivity index (χ3n) is 6.32. The third-order valence-corrected chi connectivity index (χ3v) is 8.23. The number of piperazine rings is 1. The average Bonchev–Trinajstić information content (AvgIpc) is 2.90. The maximum absolute atomic E-state index is 12.8. The van der Waals surface area contributed by atoms with Crippen LogP contribution in [0.2, 0.25) is 0 Å². The molecule has 0 atom stereocenters. The lowest BCUT2D eigenvalue weighted by Crippen LogP contribution is -2.48. The summed E-state index contributed by atoms with van der Waals surface area (Å²) in [7, 11) is -2.15. The van der Waals surface area contributed by atoms with Gasteiger partial charge in [0.15, 0.2) is 0 Å². The molecule has 36 heavy (non-hydrogen) atoms. The van der Waals surface area contributed by atoms with E-state index in [4.69, 9.17) is 4.74 Å². The molecule has 0 saturated carbocycles. The molecule has 1 aliphatic rings. The minimum absolute atomic E-state index is 0.272. The fourth-order valence-corrected chi connectivity index (χ4v) is 5.63. The van der Waals surface area contributed by atoms with Crippen LogP contribution in [-0.4, -0.2) is 62.8 Å². The molecular weight excluding hydrogens is 478 g/mol. The second-order valence-corrected chi connectivity index (χ2v) is 10.6. The number of anilines is 1. The fourth-order valence-electron chi connectivity index (χ4n) is 4.19. The highest BCUT2D eigenvalue weighted by Gasteiger charge is 2.28. The van der Waals surface area contributed by atoms with E-state index in [0.717, 1.165) is 5.56 Å². The third kappa shape index (κ3) is 5.64. The molecule has 9 heteroatoms. The van der Waals surface area contributed by atoms with Gasteiger partial charge in [-0.05, 0) is 54.4 Å². The van der Waals surface area contributed by atoms with Crippen LogP contribution in [-0.2, 0) is 21.3 Å². The maximum Gasteiger partial charge on any atom is 0.338 e. The summed E-state index contributed by atoms with van der Waals surface area (Å²) in [5.74, 6) is -0.724. The van der Waals surface area contributed by atoms with E-state index >= 15 is 0 Å². The number of hydrogen-bond acceptors (Lipinski definition) is 6. The first kappa shape index (κ1) is 25.6. The predicted molar refractivity (Wildman–Crippen MR) is 137 cm³/mol. The van der Waals surface area contributed by atoms with Crippen molar-refractivity contribution in [2.45, 2.75) is 18.4 Å². The van der Waals surface area contributed by atoms with E-state index in [0.29, 0.717) is 60.0 Å². The molecule has 0 spiro atoms. The van der Waals surface area contributed by atoms with Crippen LogP contribution in [0.25, 0.3) is 0 Å². The molecular formula is C27H29N3O5S. The number of carbonyl (C=O) groups is 2. The van der Waals surface area contributed by atoms with Crippen LogP contribution in [0.15, 0.2) is 77.7 Å². The Labute approximate surface area is 211 Å². The smallest absolute Gasteiger partial charge is 0.338 e. The second kappa shape index (κ2) is 11.0. The Morgan fingerprint density at radius 1 is 0.889 bits per heavy atom. The zero-order valence-corrected chi connectivity index (χ0v) is 21.1. The monoisotopic (exact) mass is 507 g/mol. The van der Waals surface area contributed by atoms with Gasteiger partial charge >= 0.3 is 5.97 Å². The number of ether oxygens (including phenoxy) is 1. The van der Waals surface area contributed by atoms with Gasteiger partial charge in [0, 0.05) is 44.0 Å². The minimum Gasteiger partial charge on any atom is -0.465 e. The Hall–Kier alpha value is -3.53. The molecule has 3 aromatic carbocycles. The van der Waals surface area contributed by atoms with Crippen molar-refractivity contribution in [1.82, 2.24) is 9.21 Å². The van der Waals surface area contributed by atoms with E-state index in [1.165, 1.54) is 11.4 Å². The zero-order valence-electron chi connectivity index (χ0n) is 20.3. The minimum atomic E-state index is -3.48. The van der Waals surface area contributed by atoms with Gasteiger partial charge in [0.1, 0.15) is 0 Å². The summed E-state index contributed by atoms with van der Waals surface area (Å²) in [6.45, 7) is 4.55. The average molecular weight is 508 g/mol. The first-order valence-electron chi connectivity index (χ1n) is 11.7. The van der Waals surface area contributed by atoms with Gasteiger partial charge in [-0.3, -0.25) is 9.69 Å². The lowest BCUT2D eigenvalue weighted by molar-refractivity contribution is 0.0599. The highest BCUT2D eigenvalue weighted by atomic mass is 32.2. The number of rotatable bonds is 7. The molecule has 4 rings (SSSR count). The van der Waals surface area contributed by atoms with Crippen LogP contribution in [0, 0.1) is 6.92 Å². The zero-order chi connectivity index (χ0) is 25.7. The number of hydrogen-bond donors (Lipinski definition) is 1. The molecule has 0 unspecified atom stereocenters. The first-order valence-corrected chi connectivity index (χ1v) is 13.1. The van der Waals surface area contributed by atoms with Crippen molar-refractivity contribution in [2.24, 2.45) is 0 Å². The quantitative estimate of drug-likeness (QED) is 0.492. The molecule has 3 aromatic rings. The molecule has 0 radical (unpaired) electrons. The molecule has 0 bridgehead atoms. The van der Waals surface area contributed by atoms with E-state index in [9.17, 15) is 18.0 Å². The van der Waals surface area contributed by atoms with Gasteiger partial charge in [0.25, 0.3) is 5.91 Å². The van der Waals surface area contributed by atoms with Gasteiger partial charge < -0.3 is 10.1 Å². The molecule has 1 heterocycles. The lowest BCUT2D eigenvalue weighted by Gasteiger charge is -2.34. The van der Waals surface area contributed by atoms with Crippen LogP contribution in [0.3, 0.4) is 0 Å². The van der Waals surface area contributed by atoms with Crippen molar-refractivity contribution >= 4 is 27.6 Å². The van der Waals surface area contributed by atoms with E-state index < -0.39 is 16.0 Å². The van der Waals surface area contributed by atoms with Crippen molar-refractivity contribution in [3.63, 3.8) is 0 Å². The number of nitrogens with zero attached hydrogens (tertiary/aromatic N) is 2. The summed E-state index contributed by atoms with van der Waals surface area (Å²) in [6.07, 6.45) is 0.